The van der Waals surface area contributed by atoms with Crippen LogP contribution < -0.4 is 11.3 Å². The van der Waals surface area contributed by atoms with E-state index < -0.39 is 0 Å². The molecular formula is C12H24N2. The van der Waals surface area contributed by atoms with Gasteiger partial charge in [-0.15, -0.1) is 0 Å². The quantitative estimate of drug-likeness (QED) is 0.535. The summed E-state index contributed by atoms with van der Waals surface area (Å²) in [5, 5.41) is 0. The molecule has 2 aliphatic rings. The van der Waals surface area contributed by atoms with Gasteiger partial charge in [-0.1, -0.05) is 26.2 Å². The Hall–Kier alpha value is -0.0800. The van der Waals surface area contributed by atoms with Gasteiger partial charge in [-0.2, -0.15) is 0 Å². The van der Waals surface area contributed by atoms with Crippen LogP contribution in [0.15, 0.2) is 0 Å². The summed E-state index contributed by atoms with van der Waals surface area (Å²) in [6.07, 6.45) is 9.87. The van der Waals surface area contributed by atoms with Gasteiger partial charge in [0.05, 0.1) is 0 Å². The summed E-state index contributed by atoms with van der Waals surface area (Å²) in [6, 6.07) is 0.629. The molecule has 2 rings (SSSR count). The largest absolute Gasteiger partial charge is 0.271 e. The minimum atomic E-state index is 0.629. The number of nitrogens with two attached hydrogens (primary N) is 1. The molecule has 3 atom stereocenters. The van der Waals surface area contributed by atoms with Gasteiger partial charge in [0.15, 0.2) is 0 Å². The summed E-state index contributed by atoms with van der Waals surface area (Å²) in [5.41, 5.74) is 3.08. The second-order valence-corrected chi connectivity index (χ2v) is 5.23. The zero-order valence-electron chi connectivity index (χ0n) is 9.34. The zero-order chi connectivity index (χ0) is 9.97. The average Bonchev–Trinajstić information content (AvgIpc) is 3.04. The SMILES string of the molecule is CCC1CCCC(C(NN)C2CC2)C1. The molecule has 3 unspecified atom stereocenters. The molecular weight excluding hydrogens is 172 g/mol. The first-order chi connectivity index (χ1) is 6.85. The Balaban J connectivity index is 1.87. The summed E-state index contributed by atoms with van der Waals surface area (Å²) in [5.74, 6) is 8.43. The first kappa shape index (κ1) is 10.4. The standard InChI is InChI=1S/C12H24N2/c1-2-9-4-3-5-11(8-9)12(14-13)10-6-7-10/h9-12,14H,2-8,13H2,1H3. The monoisotopic (exact) mass is 196 g/mol. The lowest BCUT2D eigenvalue weighted by atomic mass is 9.76. The van der Waals surface area contributed by atoms with E-state index in [2.05, 4.69) is 12.3 Å². The molecule has 0 spiro atoms. The molecule has 0 aromatic rings. The van der Waals surface area contributed by atoms with Crippen molar-refractivity contribution in [3.8, 4) is 0 Å². The summed E-state index contributed by atoms with van der Waals surface area (Å²) in [6.45, 7) is 2.33. The van der Waals surface area contributed by atoms with Crippen LogP contribution in [0.3, 0.4) is 0 Å². The molecule has 0 radical (unpaired) electrons. The highest BCUT2D eigenvalue weighted by molar-refractivity contribution is 4.91. The molecule has 2 saturated carbocycles. The van der Waals surface area contributed by atoms with Gasteiger partial charge in [-0.25, -0.2) is 0 Å². The van der Waals surface area contributed by atoms with Crippen LogP contribution in [0.1, 0.15) is 51.9 Å². The summed E-state index contributed by atoms with van der Waals surface area (Å²) >= 11 is 0. The lowest BCUT2D eigenvalue weighted by Gasteiger charge is -2.34. The lowest BCUT2D eigenvalue weighted by Crippen LogP contribution is -2.44. The Morgan fingerprint density at radius 1 is 1.21 bits per heavy atom. The molecule has 0 bridgehead atoms. The lowest BCUT2D eigenvalue weighted by molar-refractivity contribution is 0.195. The van der Waals surface area contributed by atoms with Gasteiger partial charge in [0.25, 0.3) is 0 Å². The highest BCUT2D eigenvalue weighted by Crippen LogP contribution is 2.41. The van der Waals surface area contributed by atoms with Crippen molar-refractivity contribution in [1.29, 1.82) is 0 Å². The first-order valence-corrected chi connectivity index (χ1v) is 6.31. The predicted molar refractivity (Wildman–Crippen MR) is 59.6 cm³/mol. The molecule has 3 N–H and O–H groups in total. The van der Waals surface area contributed by atoms with Gasteiger partial charge in [0, 0.05) is 6.04 Å². The van der Waals surface area contributed by atoms with Crippen molar-refractivity contribution >= 4 is 0 Å². The van der Waals surface area contributed by atoms with Gasteiger partial charge in [-0.05, 0) is 43.4 Å². The van der Waals surface area contributed by atoms with E-state index >= 15 is 0 Å². The van der Waals surface area contributed by atoms with Gasteiger partial charge in [-0.3, -0.25) is 11.3 Å². The Kier molecular flexibility index (Phi) is 3.45. The number of hydrogen-bond acceptors (Lipinski definition) is 2. The second kappa shape index (κ2) is 4.63. The Bertz CT molecular complexity index is 177. The smallest absolute Gasteiger partial charge is 0.0267 e. The summed E-state index contributed by atoms with van der Waals surface area (Å²) in [4.78, 5) is 0. The molecule has 0 aromatic heterocycles. The normalized spacial score (nSPS) is 35.6. The minimum absolute atomic E-state index is 0.629. The topological polar surface area (TPSA) is 38.0 Å². The van der Waals surface area contributed by atoms with Crippen LogP contribution in [0, 0.1) is 17.8 Å². The summed E-state index contributed by atoms with van der Waals surface area (Å²) < 4.78 is 0. The van der Waals surface area contributed by atoms with Crippen molar-refractivity contribution in [2.24, 2.45) is 23.6 Å². The predicted octanol–water partition coefficient (Wildman–Crippen LogP) is 2.44. The van der Waals surface area contributed by atoms with Crippen molar-refractivity contribution < 1.29 is 0 Å². The fourth-order valence-corrected chi connectivity index (χ4v) is 3.14. The average molecular weight is 196 g/mol. The fourth-order valence-electron chi connectivity index (χ4n) is 3.14. The van der Waals surface area contributed by atoms with E-state index in [0.717, 1.165) is 17.8 Å². The molecule has 2 nitrogen and oxygen atoms in total. The van der Waals surface area contributed by atoms with Gasteiger partial charge in [0.1, 0.15) is 0 Å². The fraction of sp³-hybridized carbons (Fsp3) is 1.00. The van der Waals surface area contributed by atoms with E-state index in [1.165, 1.54) is 44.9 Å². The molecule has 14 heavy (non-hydrogen) atoms. The maximum absolute atomic E-state index is 5.68. The Morgan fingerprint density at radius 3 is 2.57 bits per heavy atom. The third-order valence-electron chi connectivity index (χ3n) is 4.23. The van der Waals surface area contributed by atoms with E-state index in [9.17, 15) is 0 Å². The first-order valence-electron chi connectivity index (χ1n) is 6.31. The minimum Gasteiger partial charge on any atom is -0.271 e. The van der Waals surface area contributed by atoms with Crippen molar-refractivity contribution in [2.75, 3.05) is 0 Å². The van der Waals surface area contributed by atoms with Crippen LogP contribution in [0.5, 0.6) is 0 Å². The van der Waals surface area contributed by atoms with E-state index in [-0.39, 0.29) is 0 Å². The Labute approximate surface area is 87.6 Å². The number of rotatable bonds is 4. The molecule has 0 aromatic carbocycles. The molecule has 0 amide bonds. The Morgan fingerprint density at radius 2 is 2.00 bits per heavy atom. The van der Waals surface area contributed by atoms with Crippen LogP contribution in [0.4, 0.5) is 0 Å². The molecule has 2 aliphatic carbocycles. The highest BCUT2D eigenvalue weighted by Gasteiger charge is 2.37. The van der Waals surface area contributed by atoms with Crippen molar-refractivity contribution in [3.05, 3.63) is 0 Å². The maximum atomic E-state index is 5.68. The van der Waals surface area contributed by atoms with E-state index in [0.29, 0.717) is 6.04 Å². The molecule has 0 saturated heterocycles. The van der Waals surface area contributed by atoms with Crippen LogP contribution in [0.25, 0.3) is 0 Å². The van der Waals surface area contributed by atoms with Crippen molar-refractivity contribution in [2.45, 2.75) is 57.9 Å². The van der Waals surface area contributed by atoms with Gasteiger partial charge < -0.3 is 0 Å². The van der Waals surface area contributed by atoms with Crippen LogP contribution in [-0.4, -0.2) is 6.04 Å². The van der Waals surface area contributed by atoms with Gasteiger partial charge >= 0.3 is 0 Å². The van der Waals surface area contributed by atoms with E-state index in [1.54, 1.807) is 0 Å². The molecule has 0 heterocycles. The number of hydrazine groups is 1. The number of nitrogens with one attached hydrogen (secondary N) is 1. The number of hydrogen-bond donors (Lipinski definition) is 2. The maximum Gasteiger partial charge on any atom is 0.0267 e. The van der Waals surface area contributed by atoms with Crippen LogP contribution >= 0.6 is 0 Å². The van der Waals surface area contributed by atoms with E-state index in [1.807, 2.05) is 0 Å². The van der Waals surface area contributed by atoms with Gasteiger partial charge in [0.2, 0.25) is 0 Å². The second-order valence-electron chi connectivity index (χ2n) is 5.23. The summed E-state index contributed by atoms with van der Waals surface area (Å²) in [7, 11) is 0. The zero-order valence-corrected chi connectivity index (χ0v) is 9.34. The molecule has 82 valence electrons. The third kappa shape index (κ3) is 2.29. The third-order valence-corrected chi connectivity index (χ3v) is 4.23. The van der Waals surface area contributed by atoms with E-state index in [4.69, 9.17) is 5.84 Å². The van der Waals surface area contributed by atoms with Crippen LogP contribution in [-0.2, 0) is 0 Å². The molecule has 2 fully saturated rings. The highest BCUT2D eigenvalue weighted by atomic mass is 15.2. The molecule has 2 heteroatoms. The van der Waals surface area contributed by atoms with Crippen molar-refractivity contribution in [3.63, 3.8) is 0 Å². The molecule has 0 aliphatic heterocycles. The van der Waals surface area contributed by atoms with Crippen molar-refractivity contribution in [1.82, 2.24) is 5.43 Å². The van der Waals surface area contributed by atoms with Crippen LogP contribution in [0.2, 0.25) is 0 Å².